The van der Waals surface area contributed by atoms with E-state index < -0.39 is 5.24 Å². The zero-order valence-corrected chi connectivity index (χ0v) is 9.73. The van der Waals surface area contributed by atoms with Gasteiger partial charge in [-0.3, -0.25) is 4.79 Å². The summed E-state index contributed by atoms with van der Waals surface area (Å²) in [6.07, 6.45) is 0. The lowest BCUT2D eigenvalue weighted by Gasteiger charge is -1.96. The highest BCUT2D eigenvalue weighted by Gasteiger charge is 2.17. The van der Waals surface area contributed by atoms with Crippen LogP contribution in [0, 0.1) is 0 Å². The summed E-state index contributed by atoms with van der Waals surface area (Å²) in [6, 6.07) is 9.42. The Bertz CT molecular complexity index is 495. The van der Waals surface area contributed by atoms with Gasteiger partial charge in [0.05, 0.1) is 5.02 Å². The number of nitrogens with zero attached hydrogens (tertiary/aromatic N) is 1. The second-order valence-corrected chi connectivity index (χ2v) is 4.31. The molecule has 5 heteroatoms. The van der Waals surface area contributed by atoms with Gasteiger partial charge in [-0.05, 0) is 23.1 Å². The van der Waals surface area contributed by atoms with Gasteiger partial charge < -0.3 is 0 Å². The first-order valence-electron chi connectivity index (χ1n) is 4.10. The lowest BCUT2D eigenvalue weighted by molar-refractivity contribution is 0.108. The normalized spacial score (nSPS) is 10.3. The summed E-state index contributed by atoms with van der Waals surface area (Å²) in [5.74, 6) is 0. The highest BCUT2D eigenvalue weighted by molar-refractivity contribution is 7.11. The van der Waals surface area contributed by atoms with E-state index in [1.54, 1.807) is 0 Å². The van der Waals surface area contributed by atoms with Gasteiger partial charge in [0.1, 0.15) is 10.6 Å². The predicted molar refractivity (Wildman–Crippen MR) is 62.7 cm³/mol. The predicted octanol–water partition coefficient (Wildman–Crippen LogP) is 3.84. The number of benzene rings is 1. The van der Waals surface area contributed by atoms with Crippen LogP contribution in [0.15, 0.2) is 30.3 Å². The van der Waals surface area contributed by atoms with Crippen LogP contribution in [0.25, 0.3) is 11.3 Å². The minimum Gasteiger partial charge on any atom is -0.275 e. The third-order valence-corrected chi connectivity index (χ3v) is 3.49. The van der Waals surface area contributed by atoms with E-state index in [-0.39, 0.29) is 4.88 Å². The summed E-state index contributed by atoms with van der Waals surface area (Å²) in [5.41, 5.74) is 1.48. The molecule has 0 aliphatic heterocycles. The van der Waals surface area contributed by atoms with Crippen molar-refractivity contribution in [3.05, 3.63) is 40.2 Å². The van der Waals surface area contributed by atoms with Crippen LogP contribution in [-0.4, -0.2) is 9.62 Å². The van der Waals surface area contributed by atoms with Crippen LogP contribution in [0.1, 0.15) is 9.67 Å². The third-order valence-electron chi connectivity index (χ3n) is 1.86. The van der Waals surface area contributed by atoms with E-state index >= 15 is 0 Å². The summed E-state index contributed by atoms with van der Waals surface area (Å²) in [6.45, 7) is 0. The van der Waals surface area contributed by atoms with E-state index in [0.29, 0.717) is 10.7 Å². The number of rotatable bonds is 2. The molecule has 1 heterocycles. The first-order valence-corrected chi connectivity index (χ1v) is 5.63. The number of hydrogen-bond acceptors (Lipinski definition) is 3. The molecule has 0 aliphatic rings. The molecular formula is C10H5Cl2NOS. The number of carbonyl (C=O) groups is 1. The molecule has 15 heavy (non-hydrogen) atoms. The largest absolute Gasteiger partial charge is 0.275 e. The zero-order chi connectivity index (χ0) is 10.8. The van der Waals surface area contributed by atoms with E-state index in [9.17, 15) is 4.79 Å². The Morgan fingerprint density at radius 3 is 2.47 bits per heavy atom. The molecular weight excluding hydrogens is 253 g/mol. The van der Waals surface area contributed by atoms with Crippen LogP contribution < -0.4 is 0 Å². The van der Waals surface area contributed by atoms with Gasteiger partial charge in [0.15, 0.2) is 0 Å². The lowest BCUT2D eigenvalue weighted by atomic mass is 10.1. The van der Waals surface area contributed by atoms with Gasteiger partial charge in [0.2, 0.25) is 0 Å². The monoisotopic (exact) mass is 257 g/mol. The Morgan fingerprint density at radius 2 is 1.93 bits per heavy atom. The molecule has 1 aromatic carbocycles. The van der Waals surface area contributed by atoms with Crippen LogP contribution in [0.5, 0.6) is 0 Å². The fourth-order valence-electron chi connectivity index (χ4n) is 1.18. The van der Waals surface area contributed by atoms with E-state index in [1.165, 1.54) is 0 Å². The molecule has 0 N–H and O–H groups in total. The maximum atomic E-state index is 11.0. The molecule has 0 atom stereocenters. The molecule has 0 aliphatic carbocycles. The van der Waals surface area contributed by atoms with Gasteiger partial charge in [-0.2, -0.15) is 4.37 Å². The second kappa shape index (κ2) is 4.31. The van der Waals surface area contributed by atoms with Gasteiger partial charge in [-0.25, -0.2) is 0 Å². The van der Waals surface area contributed by atoms with Crippen LogP contribution in [0.3, 0.4) is 0 Å². The van der Waals surface area contributed by atoms with Crippen LogP contribution in [0.4, 0.5) is 0 Å². The summed E-state index contributed by atoms with van der Waals surface area (Å²) in [7, 11) is 0. The van der Waals surface area contributed by atoms with E-state index in [0.717, 1.165) is 17.1 Å². The average molecular weight is 258 g/mol. The number of carbonyl (C=O) groups excluding carboxylic acids is 1. The smallest absolute Gasteiger partial charge is 0.265 e. The van der Waals surface area contributed by atoms with Crippen molar-refractivity contribution in [2.45, 2.75) is 0 Å². The molecule has 0 amide bonds. The van der Waals surface area contributed by atoms with E-state index in [1.807, 2.05) is 30.3 Å². The minimum absolute atomic E-state index is 0.289. The Morgan fingerprint density at radius 1 is 1.27 bits per heavy atom. The topological polar surface area (TPSA) is 30.0 Å². The Balaban J connectivity index is 2.52. The zero-order valence-electron chi connectivity index (χ0n) is 7.41. The van der Waals surface area contributed by atoms with Crippen molar-refractivity contribution in [2.75, 3.05) is 0 Å². The van der Waals surface area contributed by atoms with Gasteiger partial charge in [0, 0.05) is 5.56 Å². The van der Waals surface area contributed by atoms with Crippen molar-refractivity contribution in [3.8, 4) is 11.3 Å². The van der Waals surface area contributed by atoms with Crippen molar-refractivity contribution in [1.82, 2.24) is 4.37 Å². The first kappa shape index (κ1) is 10.6. The molecule has 0 unspecified atom stereocenters. The molecule has 0 radical (unpaired) electrons. The molecule has 0 spiro atoms. The van der Waals surface area contributed by atoms with Gasteiger partial charge in [0.25, 0.3) is 5.24 Å². The lowest BCUT2D eigenvalue weighted by Crippen LogP contribution is -1.83. The minimum atomic E-state index is -0.570. The van der Waals surface area contributed by atoms with Crippen molar-refractivity contribution in [2.24, 2.45) is 0 Å². The summed E-state index contributed by atoms with van der Waals surface area (Å²) in [5, 5.41) is -0.245. The molecule has 0 saturated carbocycles. The molecule has 76 valence electrons. The Hall–Kier alpha value is -0.900. The van der Waals surface area contributed by atoms with Crippen LogP contribution >= 0.6 is 34.7 Å². The highest BCUT2D eigenvalue weighted by atomic mass is 35.5. The summed E-state index contributed by atoms with van der Waals surface area (Å²) >= 11 is 12.4. The fourth-order valence-corrected chi connectivity index (χ4v) is 2.44. The van der Waals surface area contributed by atoms with E-state index in [4.69, 9.17) is 23.2 Å². The molecule has 2 aromatic rings. The molecule has 1 aromatic heterocycles. The third kappa shape index (κ3) is 2.04. The molecule has 0 fully saturated rings. The quantitative estimate of drug-likeness (QED) is 0.766. The van der Waals surface area contributed by atoms with Crippen LogP contribution in [0.2, 0.25) is 5.02 Å². The number of halogens is 2. The van der Waals surface area contributed by atoms with Gasteiger partial charge in [-0.1, -0.05) is 41.9 Å². The maximum absolute atomic E-state index is 11.0. The Kier molecular flexibility index (Phi) is 3.05. The fraction of sp³-hybridized carbons (Fsp3) is 0. The summed E-state index contributed by atoms with van der Waals surface area (Å²) < 4.78 is 4.11. The molecule has 0 saturated heterocycles. The van der Waals surface area contributed by atoms with Crippen molar-refractivity contribution in [3.63, 3.8) is 0 Å². The Labute approximate surface area is 101 Å². The van der Waals surface area contributed by atoms with Crippen molar-refractivity contribution in [1.29, 1.82) is 0 Å². The molecule has 0 bridgehead atoms. The maximum Gasteiger partial charge on any atom is 0.265 e. The van der Waals surface area contributed by atoms with Crippen LogP contribution in [-0.2, 0) is 0 Å². The highest BCUT2D eigenvalue weighted by Crippen LogP contribution is 2.33. The standard InChI is InChI=1S/C10H5Cl2NOS/c11-7-8(6-4-2-1-3-5-6)13-15-9(7)10(12)14/h1-5H. The van der Waals surface area contributed by atoms with Crippen molar-refractivity contribution >= 4 is 40.0 Å². The van der Waals surface area contributed by atoms with Crippen molar-refractivity contribution < 1.29 is 4.79 Å². The molecule has 2 nitrogen and oxygen atoms in total. The average Bonchev–Trinajstić information content (AvgIpc) is 2.61. The van der Waals surface area contributed by atoms with E-state index in [2.05, 4.69) is 4.37 Å². The summed E-state index contributed by atoms with van der Waals surface area (Å²) in [4.78, 5) is 11.3. The van der Waals surface area contributed by atoms with Gasteiger partial charge in [-0.15, -0.1) is 0 Å². The SMILES string of the molecule is O=C(Cl)c1snc(-c2ccccc2)c1Cl. The molecule has 2 rings (SSSR count). The first-order chi connectivity index (χ1) is 7.20. The second-order valence-electron chi connectivity index (χ2n) is 2.81. The number of hydrogen-bond donors (Lipinski definition) is 0. The van der Waals surface area contributed by atoms with Gasteiger partial charge >= 0.3 is 0 Å². The number of aromatic nitrogens is 1.